The van der Waals surface area contributed by atoms with Gasteiger partial charge in [0.1, 0.15) is 5.60 Å². The van der Waals surface area contributed by atoms with Crippen molar-refractivity contribution in [3.8, 4) is 0 Å². The van der Waals surface area contributed by atoms with Crippen LogP contribution in [-0.4, -0.2) is 47.3 Å². The Bertz CT molecular complexity index is 622. The Hall–Kier alpha value is -2.41. The van der Waals surface area contributed by atoms with Gasteiger partial charge in [0.15, 0.2) is 0 Å². The second kappa shape index (κ2) is 6.60. The summed E-state index contributed by atoms with van der Waals surface area (Å²) < 4.78 is 10.1. The summed E-state index contributed by atoms with van der Waals surface area (Å²) in [4.78, 5) is 39.1. The smallest absolute Gasteiger partial charge is 0.347 e. The molecule has 1 aliphatic heterocycles. The highest BCUT2D eigenvalue weighted by Crippen LogP contribution is 2.44. The van der Waals surface area contributed by atoms with E-state index in [0.717, 1.165) is 4.90 Å². The minimum Gasteiger partial charge on any atom is -0.464 e. The van der Waals surface area contributed by atoms with E-state index in [-0.39, 0.29) is 13.2 Å². The number of carbonyl (C=O) groups excluding carboxylic acids is 3. The molecule has 0 aromatic heterocycles. The minimum atomic E-state index is -2.28. The monoisotopic (exact) mass is 335 g/mol. The molecule has 1 atom stereocenters. The fourth-order valence-electron chi connectivity index (χ4n) is 3.02. The lowest BCUT2D eigenvalue weighted by atomic mass is 9.81. The molecule has 1 aromatic rings. The SMILES string of the molecule is CCOC(=O)C1(C(=O)OCC)N(c2ccccc2)C(=O)CC1(C)O. The fourth-order valence-corrected chi connectivity index (χ4v) is 3.02. The van der Waals surface area contributed by atoms with Crippen molar-refractivity contribution >= 4 is 23.5 Å². The van der Waals surface area contributed by atoms with E-state index in [2.05, 4.69) is 0 Å². The lowest BCUT2D eigenvalue weighted by Crippen LogP contribution is -2.69. The van der Waals surface area contributed by atoms with Gasteiger partial charge in [-0.3, -0.25) is 9.69 Å². The lowest BCUT2D eigenvalue weighted by Gasteiger charge is -2.39. The average Bonchev–Trinajstić information content (AvgIpc) is 2.74. The third-order valence-electron chi connectivity index (χ3n) is 4.02. The third kappa shape index (κ3) is 2.54. The Morgan fingerprint density at radius 3 is 2.08 bits per heavy atom. The van der Waals surface area contributed by atoms with Gasteiger partial charge in [0.2, 0.25) is 5.91 Å². The second-order valence-electron chi connectivity index (χ2n) is 5.67. The molecule has 130 valence electrons. The Morgan fingerprint density at radius 2 is 1.62 bits per heavy atom. The summed E-state index contributed by atoms with van der Waals surface area (Å²) in [6, 6.07) is 8.21. The first-order valence-corrected chi connectivity index (χ1v) is 7.77. The highest BCUT2D eigenvalue weighted by Gasteiger charge is 2.72. The maximum absolute atomic E-state index is 12.8. The largest absolute Gasteiger partial charge is 0.464 e. The number of hydrogen-bond acceptors (Lipinski definition) is 6. The summed E-state index contributed by atoms with van der Waals surface area (Å²) in [6.07, 6.45) is -0.403. The Morgan fingerprint density at radius 1 is 1.12 bits per heavy atom. The first-order valence-electron chi connectivity index (χ1n) is 7.77. The number of anilines is 1. The average molecular weight is 335 g/mol. The van der Waals surface area contributed by atoms with Crippen LogP contribution in [0.3, 0.4) is 0 Å². The minimum absolute atomic E-state index is 0.00706. The normalized spacial score (nSPS) is 22.3. The van der Waals surface area contributed by atoms with Crippen LogP contribution in [0.15, 0.2) is 30.3 Å². The Labute approximate surface area is 140 Å². The molecule has 1 heterocycles. The molecule has 24 heavy (non-hydrogen) atoms. The summed E-state index contributed by atoms with van der Waals surface area (Å²) in [5.74, 6) is -2.58. The van der Waals surface area contributed by atoms with Crippen molar-refractivity contribution in [3.05, 3.63) is 30.3 Å². The van der Waals surface area contributed by atoms with Crippen molar-refractivity contribution in [2.24, 2.45) is 0 Å². The first kappa shape index (κ1) is 17.9. The van der Waals surface area contributed by atoms with Gasteiger partial charge in [-0.15, -0.1) is 0 Å². The molecular formula is C17H21NO6. The molecule has 2 rings (SSSR count). The summed E-state index contributed by atoms with van der Waals surface area (Å²) in [5.41, 5.74) is -3.95. The van der Waals surface area contributed by atoms with E-state index in [4.69, 9.17) is 9.47 Å². The first-order chi connectivity index (χ1) is 11.3. The van der Waals surface area contributed by atoms with E-state index in [1.165, 1.54) is 6.92 Å². The molecular weight excluding hydrogens is 314 g/mol. The van der Waals surface area contributed by atoms with E-state index >= 15 is 0 Å². The molecule has 1 N–H and O–H groups in total. The summed E-state index contributed by atoms with van der Waals surface area (Å²) in [6.45, 7) is 4.41. The lowest BCUT2D eigenvalue weighted by molar-refractivity contribution is -0.174. The summed E-state index contributed by atoms with van der Waals surface area (Å²) in [7, 11) is 0. The number of amides is 1. The van der Waals surface area contributed by atoms with Crippen LogP contribution in [0.5, 0.6) is 0 Å². The topological polar surface area (TPSA) is 93.1 Å². The van der Waals surface area contributed by atoms with Gasteiger partial charge in [-0.2, -0.15) is 0 Å². The number of nitrogens with zero attached hydrogens (tertiary/aromatic N) is 1. The molecule has 1 aliphatic rings. The van der Waals surface area contributed by atoms with E-state index in [1.54, 1.807) is 44.2 Å². The standard InChI is InChI=1S/C17H21NO6/c1-4-23-14(20)17(15(21)24-5-2)16(3,22)11-13(19)18(17)12-9-7-6-8-10-12/h6-10,22H,4-5,11H2,1-3H3. The molecule has 0 saturated carbocycles. The predicted octanol–water partition coefficient (Wildman–Crippen LogP) is 1.04. The number of esters is 2. The van der Waals surface area contributed by atoms with E-state index in [1.807, 2.05) is 0 Å². The van der Waals surface area contributed by atoms with Gasteiger partial charge >= 0.3 is 11.9 Å². The van der Waals surface area contributed by atoms with Gasteiger partial charge in [-0.25, -0.2) is 9.59 Å². The van der Waals surface area contributed by atoms with Crippen LogP contribution < -0.4 is 4.90 Å². The zero-order valence-electron chi connectivity index (χ0n) is 13.9. The zero-order valence-corrected chi connectivity index (χ0v) is 13.9. The van der Waals surface area contributed by atoms with Gasteiger partial charge in [-0.05, 0) is 32.9 Å². The number of benzene rings is 1. The van der Waals surface area contributed by atoms with Crippen LogP contribution in [0.2, 0.25) is 0 Å². The molecule has 7 heteroatoms. The summed E-state index contributed by atoms with van der Waals surface area (Å²) in [5, 5.41) is 10.8. The fraction of sp³-hybridized carbons (Fsp3) is 0.471. The van der Waals surface area contributed by atoms with E-state index in [9.17, 15) is 19.5 Å². The third-order valence-corrected chi connectivity index (χ3v) is 4.02. The van der Waals surface area contributed by atoms with Crippen molar-refractivity contribution in [1.29, 1.82) is 0 Å². The Kier molecular flexibility index (Phi) is 4.94. The highest BCUT2D eigenvalue weighted by molar-refractivity contribution is 6.20. The highest BCUT2D eigenvalue weighted by atomic mass is 16.6. The van der Waals surface area contributed by atoms with Gasteiger partial charge < -0.3 is 14.6 Å². The summed E-state index contributed by atoms with van der Waals surface area (Å²) >= 11 is 0. The van der Waals surface area contributed by atoms with Crippen molar-refractivity contribution < 1.29 is 29.0 Å². The van der Waals surface area contributed by atoms with Crippen LogP contribution in [0.1, 0.15) is 27.2 Å². The molecule has 1 amide bonds. The maximum atomic E-state index is 12.8. The molecule has 0 bridgehead atoms. The molecule has 0 radical (unpaired) electrons. The van der Waals surface area contributed by atoms with Gasteiger partial charge in [-0.1, -0.05) is 18.2 Å². The van der Waals surface area contributed by atoms with Crippen molar-refractivity contribution in [2.45, 2.75) is 38.3 Å². The maximum Gasteiger partial charge on any atom is 0.347 e. The Balaban J connectivity index is 2.71. The molecule has 7 nitrogen and oxygen atoms in total. The number of aliphatic hydroxyl groups is 1. The van der Waals surface area contributed by atoms with Gasteiger partial charge in [0.25, 0.3) is 5.54 Å². The van der Waals surface area contributed by atoms with Crippen LogP contribution in [0.4, 0.5) is 5.69 Å². The van der Waals surface area contributed by atoms with E-state index < -0.39 is 35.4 Å². The van der Waals surface area contributed by atoms with Crippen molar-refractivity contribution in [1.82, 2.24) is 0 Å². The van der Waals surface area contributed by atoms with Crippen LogP contribution in [0, 0.1) is 0 Å². The van der Waals surface area contributed by atoms with Crippen molar-refractivity contribution in [2.75, 3.05) is 18.1 Å². The number of hydrogen-bond donors (Lipinski definition) is 1. The molecule has 0 spiro atoms. The number of rotatable bonds is 5. The number of carbonyl (C=O) groups is 3. The predicted molar refractivity (Wildman–Crippen MR) is 85.2 cm³/mol. The molecule has 1 aromatic carbocycles. The van der Waals surface area contributed by atoms with Crippen LogP contribution >= 0.6 is 0 Å². The van der Waals surface area contributed by atoms with E-state index in [0.29, 0.717) is 5.69 Å². The van der Waals surface area contributed by atoms with Crippen LogP contribution in [-0.2, 0) is 23.9 Å². The van der Waals surface area contributed by atoms with Crippen LogP contribution in [0.25, 0.3) is 0 Å². The number of para-hydroxylation sites is 1. The zero-order chi connectivity index (χ0) is 18.0. The molecule has 1 saturated heterocycles. The number of ether oxygens (including phenoxy) is 2. The molecule has 1 fully saturated rings. The van der Waals surface area contributed by atoms with Gasteiger partial charge in [0.05, 0.1) is 19.6 Å². The molecule has 1 unspecified atom stereocenters. The van der Waals surface area contributed by atoms with Gasteiger partial charge in [0, 0.05) is 5.69 Å². The van der Waals surface area contributed by atoms with Crippen molar-refractivity contribution in [3.63, 3.8) is 0 Å². The molecule has 0 aliphatic carbocycles. The quantitative estimate of drug-likeness (QED) is 0.638. The second-order valence-corrected chi connectivity index (χ2v) is 5.67.